The van der Waals surface area contributed by atoms with Gasteiger partial charge in [0.15, 0.2) is 6.23 Å². The molecule has 0 radical (unpaired) electrons. The number of nitrogens with zero attached hydrogens (tertiary/aromatic N) is 1. The van der Waals surface area contributed by atoms with E-state index >= 15 is 0 Å². The van der Waals surface area contributed by atoms with Crippen LogP contribution in [0.15, 0.2) is 83.4 Å². The molecule has 2 aliphatic rings. The Morgan fingerprint density at radius 2 is 1.79 bits per heavy atom. The fourth-order valence-corrected chi connectivity index (χ4v) is 4.52. The highest BCUT2D eigenvalue weighted by atomic mass is 16.7. The van der Waals surface area contributed by atoms with Crippen LogP contribution in [0.2, 0.25) is 0 Å². The summed E-state index contributed by atoms with van der Waals surface area (Å²) in [5.41, 5.74) is 1.90. The molecule has 5 rings (SSSR count). The molecule has 2 atom stereocenters. The SMILES string of the molecule is O=C1C=C(O)OC(CCCCCOc2ccccc2C(O)N(C(=O)c2ccc(-c3ccco3)cc2)C2CC2)O1. The lowest BCUT2D eigenvalue weighted by Crippen LogP contribution is -2.37. The number of cyclic esters (lactones) is 1. The van der Waals surface area contributed by atoms with E-state index in [1.54, 1.807) is 35.4 Å². The normalized spacial score (nSPS) is 17.5. The Labute approximate surface area is 226 Å². The maximum atomic E-state index is 13.5. The van der Waals surface area contributed by atoms with Gasteiger partial charge in [-0.25, -0.2) is 4.79 Å². The molecule has 2 unspecified atom stereocenters. The van der Waals surface area contributed by atoms with Crippen LogP contribution >= 0.6 is 0 Å². The van der Waals surface area contributed by atoms with Crippen molar-refractivity contribution in [1.82, 2.24) is 4.90 Å². The topological polar surface area (TPSA) is 119 Å². The molecule has 1 aliphatic heterocycles. The average molecular weight is 534 g/mol. The van der Waals surface area contributed by atoms with E-state index in [4.69, 9.17) is 18.6 Å². The number of aliphatic hydroxyl groups is 2. The van der Waals surface area contributed by atoms with Gasteiger partial charge < -0.3 is 33.7 Å². The number of carbonyl (C=O) groups excluding carboxylic acids is 2. The van der Waals surface area contributed by atoms with E-state index in [1.165, 1.54) is 0 Å². The van der Waals surface area contributed by atoms with Crippen molar-refractivity contribution in [3.05, 3.63) is 90.1 Å². The molecule has 2 N–H and O–H groups in total. The molecule has 0 bridgehead atoms. The maximum Gasteiger partial charge on any atom is 0.341 e. The summed E-state index contributed by atoms with van der Waals surface area (Å²) in [7, 11) is 0. The van der Waals surface area contributed by atoms with E-state index in [-0.39, 0.29) is 11.9 Å². The van der Waals surface area contributed by atoms with E-state index in [1.807, 2.05) is 36.4 Å². The Balaban J connectivity index is 1.17. The van der Waals surface area contributed by atoms with Gasteiger partial charge in [0.25, 0.3) is 11.9 Å². The van der Waals surface area contributed by atoms with E-state index in [2.05, 4.69) is 0 Å². The summed E-state index contributed by atoms with van der Waals surface area (Å²) >= 11 is 0. The molecule has 204 valence electrons. The number of ether oxygens (including phenoxy) is 3. The third-order valence-electron chi connectivity index (χ3n) is 6.66. The third kappa shape index (κ3) is 6.61. The van der Waals surface area contributed by atoms with Crippen LogP contribution in [-0.4, -0.2) is 45.9 Å². The minimum Gasteiger partial charge on any atom is -0.493 e. The lowest BCUT2D eigenvalue weighted by Gasteiger charge is -2.29. The van der Waals surface area contributed by atoms with E-state index in [9.17, 15) is 19.8 Å². The molecule has 1 aliphatic carbocycles. The van der Waals surface area contributed by atoms with Gasteiger partial charge in [0.1, 0.15) is 17.6 Å². The summed E-state index contributed by atoms with van der Waals surface area (Å²) < 4.78 is 21.5. The molecule has 39 heavy (non-hydrogen) atoms. The monoisotopic (exact) mass is 533 g/mol. The predicted molar refractivity (Wildman–Crippen MR) is 140 cm³/mol. The number of rotatable bonds is 12. The third-order valence-corrected chi connectivity index (χ3v) is 6.66. The fraction of sp³-hybridized carbons (Fsp3) is 0.333. The van der Waals surface area contributed by atoms with Crippen LogP contribution in [0, 0.1) is 0 Å². The zero-order valence-electron chi connectivity index (χ0n) is 21.4. The highest BCUT2D eigenvalue weighted by Crippen LogP contribution is 2.37. The quantitative estimate of drug-likeness (QED) is 0.178. The van der Waals surface area contributed by atoms with E-state index in [0.717, 1.165) is 43.1 Å². The summed E-state index contributed by atoms with van der Waals surface area (Å²) in [6.07, 6.45) is 4.92. The Morgan fingerprint density at radius 1 is 1.00 bits per heavy atom. The van der Waals surface area contributed by atoms with Crippen LogP contribution in [0.1, 0.15) is 60.7 Å². The summed E-state index contributed by atoms with van der Waals surface area (Å²) in [5, 5.41) is 20.7. The van der Waals surface area contributed by atoms with Crippen molar-refractivity contribution in [1.29, 1.82) is 0 Å². The summed E-state index contributed by atoms with van der Waals surface area (Å²) in [4.78, 5) is 26.4. The van der Waals surface area contributed by atoms with Crippen LogP contribution in [-0.2, 0) is 14.3 Å². The highest BCUT2D eigenvalue weighted by Gasteiger charge is 2.38. The van der Waals surface area contributed by atoms with Crippen molar-refractivity contribution in [3.63, 3.8) is 0 Å². The molecule has 9 nitrogen and oxygen atoms in total. The highest BCUT2D eigenvalue weighted by molar-refractivity contribution is 5.95. The first-order valence-electron chi connectivity index (χ1n) is 13.1. The van der Waals surface area contributed by atoms with Crippen LogP contribution in [0.3, 0.4) is 0 Å². The minimum atomic E-state index is -1.15. The zero-order valence-corrected chi connectivity index (χ0v) is 21.4. The van der Waals surface area contributed by atoms with Crippen molar-refractivity contribution in [2.75, 3.05) is 6.61 Å². The lowest BCUT2D eigenvalue weighted by molar-refractivity contribution is -0.183. The minimum absolute atomic E-state index is 0.0318. The number of carbonyl (C=O) groups is 2. The number of unbranched alkanes of at least 4 members (excludes halogenated alkanes) is 2. The van der Waals surface area contributed by atoms with Gasteiger partial charge in [-0.15, -0.1) is 0 Å². The molecule has 1 saturated carbocycles. The van der Waals surface area contributed by atoms with Gasteiger partial charge in [0, 0.05) is 29.2 Å². The molecule has 1 amide bonds. The van der Waals surface area contributed by atoms with Crippen molar-refractivity contribution < 1.29 is 38.4 Å². The second-order valence-electron chi connectivity index (χ2n) is 9.57. The molecule has 9 heteroatoms. The van der Waals surface area contributed by atoms with Crippen LogP contribution in [0.25, 0.3) is 11.3 Å². The number of hydrogen-bond acceptors (Lipinski definition) is 8. The summed E-state index contributed by atoms with van der Waals surface area (Å²) in [6, 6.07) is 18.0. The molecule has 3 aromatic rings. The maximum absolute atomic E-state index is 13.5. The number of para-hydroxylation sites is 1. The molecule has 1 fully saturated rings. The van der Waals surface area contributed by atoms with Gasteiger partial charge in [-0.1, -0.05) is 30.3 Å². The number of hydrogen-bond donors (Lipinski definition) is 2. The summed E-state index contributed by atoms with van der Waals surface area (Å²) in [5.74, 6) is -0.0406. The lowest BCUT2D eigenvalue weighted by atomic mass is 10.1. The van der Waals surface area contributed by atoms with E-state index < -0.39 is 24.4 Å². The van der Waals surface area contributed by atoms with E-state index in [0.29, 0.717) is 36.3 Å². The molecule has 0 saturated heterocycles. The predicted octanol–water partition coefficient (Wildman–Crippen LogP) is 5.48. The van der Waals surface area contributed by atoms with Gasteiger partial charge in [0.2, 0.25) is 6.29 Å². The van der Waals surface area contributed by atoms with Crippen LogP contribution < -0.4 is 4.74 Å². The van der Waals surface area contributed by atoms with Gasteiger partial charge in [-0.05, 0) is 62.4 Å². The Hall–Kier alpha value is -4.24. The Morgan fingerprint density at radius 3 is 2.51 bits per heavy atom. The first kappa shape index (κ1) is 26.4. The van der Waals surface area contributed by atoms with Crippen molar-refractivity contribution in [2.45, 2.75) is 57.1 Å². The average Bonchev–Trinajstić information content (AvgIpc) is 3.61. The molecule has 2 aromatic carbocycles. The number of benzene rings is 2. The first-order valence-corrected chi connectivity index (χ1v) is 13.1. The molecular formula is C30H31NO8. The Bertz CT molecular complexity index is 1300. The van der Waals surface area contributed by atoms with Gasteiger partial charge in [-0.2, -0.15) is 0 Å². The largest absolute Gasteiger partial charge is 0.493 e. The standard InChI is InChI=1S/C30H31NO8/c32-26-19-27(33)39-28(38-26)10-2-1-5-17-37-25-8-4-3-7-23(25)30(35)31(22-15-16-22)29(34)21-13-11-20(12-14-21)24-9-6-18-36-24/h3-4,6-9,11-14,18-19,22,28,30,32,35H,1-2,5,10,15-17H2. The van der Waals surface area contributed by atoms with Crippen LogP contribution in [0.4, 0.5) is 0 Å². The smallest absolute Gasteiger partial charge is 0.341 e. The second-order valence-corrected chi connectivity index (χ2v) is 9.57. The number of amides is 1. The van der Waals surface area contributed by atoms with Gasteiger partial charge >= 0.3 is 5.97 Å². The van der Waals surface area contributed by atoms with Crippen molar-refractivity contribution in [2.24, 2.45) is 0 Å². The van der Waals surface area contributed by atoms with Crippen molar-refractivity contribution >= 4 is 11.9 Å². The molecule has 1 aromatic heterocycles. The second kappa shape index (κ2) is 12.1. The van der Waals surface area contributed by atoms with Crippen LogP contribution in [0.5, 0.6) is 5.75 Å². The number of esters is 1. The Kier molecular flexibility index (Phi) is 8.17. The zero-order chi connectivity index (χ0) is 27.2. The van der Waals surface area contributed by atoms with Crippen molar-refractivity contribution in [3.8, 4) is 17.1 Å². The van der Waals surface area contributed by atoms with Gasteiger partial charge in [-0.3, -0.25) is 4.79 Å². The number of aliphatic hydroxyl groups excluding tert-OH is 2. The molecular weight excluding hydrogens is 502 g/mol. The summed E-state index contributed by atoms with van der Waals surface area (Å²) in [6.45, 7) is 0.409. The molecule has 0 spiro atoms. The fourth-order valence-electron chi connectivity index (χ4n) is 4.52. The first-order chi connectivity index (χ1) is 19.0. The van der Waals surface area contributed by atoms with Gasteiger partial charge in [0.05, 0.1) is 12.9 Å². The molecule has 2 heterocycles. The number of furan rings is 1.